The largest absolute Gasteiger partial charge is 0.303 e. The number of hydrogen-bond acceptors (Lipinski definition) is 2. The lowest BCUT2D eigenvalue weighted by molar-refractivity contribution is -0.118. The Balaban J connectivity index is 2.31. The highest BCUT2D eigenvalue weighted by molar-refractivity contribution is 5.93. The van der Waals surface area contributed by atoms with Crippen molar-refractivity contribution in [1.29, 1.82) is 0 Å². The predicted octanol–water partition coefficient (Wildman–Crippen LogP) is 4.50. The third kappa shape index (κ3) is 4.10. The summed E-state index contributed by atoms with van der Waals surface area (Å²) in [5, 5.41) is 0. The van der Waals surface area contributed by atoms with Crippen molar-refractivity contribution in [3.05, 3.63) is 65.7 Å². The Morgan fingerprint density at radius 3 is 2.00 bits per heavy atom. The molecule has 0 fully saturated rings. The van der Waals surface area contributed by atoms with Gasteiger partial charge in [0.05, 0.1) is 5.54 Å². The molecule has 2 rings (SSSR count). The van der Waals surface area contributed by atoms with Gasteiger partial charge in [-0.1, -0.05) is 42.5 Å². The standard InChI is InChI=1S/C21H25NO2/c1-16(23)10-11-18-12-14-20(15-13-18)22(17(2)24)21(3,4)19-8-6-5-7-9-19/h5-9,12-15H,10-11H2,1-4H3. The number of hydrogen-bond donors (Lipinski definition) is 0. The molecule has 3 heteroatoms. The molecule has 0 aliphatic carbocycles. The molecule has 0 heterocycles. The van der Waals surface area contributed by atoms with Crippen LogP contribution in [0, 0.1) is 0 Å². The molecule has 0 saturated heterocycles. The average Bonchev–Trinajstić information content (AvgIpc) is 2.54. The Morgan fingerprint density at radius 2 is 1.50 bits per heavy atom. The highest BCUT2D eigenvalue weighted by Crippen LogP contribution is 2.33. The van der Waals surface area contributed by atoms with Crippen LogP contribution >= 0.6 is 0 Å². The summed E-state index contributed by atoms with van der Waals surface area (Å²) >= 11 is 0. The van der Waals surface area contributed by atoms with Crippen LogP contribution in [0.5, 0.6) is 0 Å². The molecule has 0 bridgehead atoms. The average molecular weight is 323 g/mol. The van der Waals surface area contributed by atoms with E-state index in [0.29, 0.717) is 6.42 Å². The Bertz CT molecular complexity index is 702. The quantitative estimate of drug-likeness (QED) is 0.785. The van der Waals surface area contributed by atoms with Gasteiger partial charge in [-0.25, -0.2) is 0 Å². The fourth-order valence-electron chi connectivity index (χ4n) is 3.01. The maximum Gasteiger partial charge on any atom is 0.224 e. The highest BCUT2D eigenvalue weighted by atomic mass is 16.2. The van der Waals surface area contributed by atoms with Gasteiger partial charge in [0, 0.05) is 19.0 Å². The highest BCUT2D eigenvalue weighted by Gasteiger charge is 2.31. The normalized spacial score (nSPS) is 11.2. The summed E-state index contributed by atoms with van der Waals surface area (Å²) in [5.41, 5.74) is 2.60. The first kappa shape index (κ1) is 17.9. The van der Waals surface area contributed by atoms with Gasteiger partial charge in [0.2, 0.25) is 5.91 Å². The van der Waals surface area contributed by atoms with E-state index in [1.165, 1.54) is 0 Å². The van der Waals surface area contributed by atoms with Gasteiger partial charge < -0.3 is 9.69 Å². The Morgan fingerprint density at radius 1 is 0.917 bits per heavy atom. The van der Waals surface area contributed by atoms with Crippen molar-refractivity contribution in [2.45, 2.75) is 46.1 Å². The van der Waals surface area contributed by atoms with Crippen LogP contribution in [0.4, 0.5) is 5.69 Å². The van der Waals surface area contributed by atoms with E-state index >= 15 is 0 Å². The molecule has 126 valence electrons. The molecular weight excluding hydrogens is 298 g/mol. The molecule has 0 N–H and O–H groups in total. The molecule has 0 aliphatic heterocycles. The summed E-state index contributed by atoms with van der Waals surface area (Å²) in [6.45, 7) is 7.30. The number of Topliss-reactive ketones (excluding diaryl/α,β-unsaturated/α-hetero) is 1. The summed E-state index contributed by atoms with van der Waals surface area (Å²) in [4.78, 5) is 25.3. The molecule has 0 radical (unpaired) electrons. The Labute approximate surface area is 144 Å². The fourth-order valence-corrected chi connectivity index (χ4v) is 3.01. The van der Waals surface area contributed by atoms with Crippen molar-refractivity contribution in [1.82, 2.24) is 0 Å². The van der Waals surface area contributed by atoms with Crippen LogP contribution in [-0.4, -0.2) is 11.7 Å². The van der Waals surface area contributed by atoms with Gasteiger partial charge in [-0.15, -0.1) is 0 Å². The van der Waals surface area contributed by atoms with E-state index in [9.17, 15) is 9.59 Å². The van der Waals surface area contributed by atoms with Crippen molar-refractivity contribution in [3.63, 3.8) is 0 Å². The zero-order valence-electron chi connectivity index (χ0n) is 14.9. The van der Waals surface area contributed by atoms with Crippen LogP contribution in [0.15, 0.2) is 54.6 Å². The summed E-state index contributed by atoms with van der Waals surface area (Å²) in [5.74, 6) is 0.190. The van der Waals surface area contributed by atoms with E-state index in [4.69, 9.17) is 0 Å². The van der Waals surface area contributed by atoms with E-state index in [-0.39, 0.29) is 11.7 Å². The number of carbonyl (C=O) groups excluding carboxylic acids is 2. The molecule has 2 aromatic carbocycles. The maximum atomic E-state index is 12.3. The number of carbonyl (C=O) groups is 2. The van der Waals surface area contributed by atoms with E-state index in [1.807, 2.05) is 73.3 Å². The predicted molar refractivity (Wildman–Crippen MR) is 98.1 cm³/mol. The van der Waals surface area contributed by atoms with E-state index < -0.39 is 5.54 Å². The van der Waals surface area contributed by atoms with Gasteiger partial charge in [0.1, 0.15) is 5.78 Å². The molecule has 0 aromatic heterocycles. The van der Waals surface area contributed by atoms with Crippen LogP contribution in [0.3, 0.4) is 0 Å². The first-order valence-corrected chi connectivity index (χ1v) is 8.27. The van der Waals surface area contributed by atoms with Crippen molar-refractivity contribution in [2.75, 3.05) is 4.90 Å². The first-order valence-electron chi connectivity index (χ1n) is 8.27. The number of rotatable bonds is 6. The number of nitrogens with zero attached hydrogens (tertiary/aromatic N) is 1. The Kier molecular flexibility index (Phi) is 5.55. The van der Waals surface area contributed by atoms with E-state index in [0.717, 1.165) is 23.2 Å². The smallest absolute Gasteiger partial charge is 0.224 e. The van der Waals surface area contributed by atoms with E-state index in [1.54, 1.807) is 13.8 Å². The third-order valence-electron chi connectivity index (χ3n) is 4.31. The summed E-state index contributed by atoms with van der Waals surface area (Å²) in [6.07, 6.45) is 1.28. The minimum Gasteiger partial charge on any atom is -0.303 e. The second kappa shape index (κ2) is 7.43. The third-order valence-corrected chi connectivity index (χ3v) is 4.31. The number of benzene rings is 2. The molecule has 1 amide bonds. The SMILES string of the molecule is CC(=O)CCc1ccc(N(C(C)=O)C(C)(C)c2ccccc2)cc1. The monoisotopic (exact) mass is 323 g/mol. The van der Waals surface area contributed by atoms with Crippen molar-refractivity contribution in [3.8, 4) is 0 Å². The maximum absolute atomic E-state index is 12.3. The number of anilines is 1. The van der Waals surface area contributed by atoms with Crippen LogP contribution < -0.4 is 4.90 Å². The number of amides is 1. The minimum absolute atomic E-state index is 0.000314. The fraction of sp³-hybridized carbons (Fsp3) is 0.333. The lowest BCUT2D eigenvalue weighted by atomic mass is 9.91. The van der Waals surface area contributed by atoms with Crippen LogP contribution in [0.1, 0.15) is 45.2 Å². The van der Waals surface area contributed by atoms with Crippen molar-refractivity contribution >= 4 is 17.4 Å². The van der Waals surface area contributed by atoms with Crippen LogP contribution in [-0.2, 0) is 21.5 Å². The van der Waals surface area contributed by atoms with Gasteiger partial charge in [0.15, 0.2) is 0 Å². The zero-order valence-corrected chi connectivity index (χ0v) is 14.9. The molecule has 0 unspecified atom stereocenters. The number of aryl methyl sites for hydroxylation is 1. The molecule has 0 aliphatic rings. The summed E-state index contributed by atoms with van der Waals surface area (Å²) in [6, 6.07) is 17.9. The minimum atomic E-state index is -0.450. The van der Waals surface area contributed by atoms with Crippen LogP contribution in [0.2, 0.25) is 0 Å². The van der Waals surface area contributed by atoms with Gasteiger partial charge >= 0.3 is 0 Å². The Hall–Kier alpha value is -2.42. The van der Waals surface area contributed by atoms with Crippen molar-refractivity contribution < 1.29 is 9.59 Å². The lowest BCUT2D eigenvalue weighted by Gasteiger charge is -2.38. The molecule has 0 spiro atoms. The van der Waals surface area contributed by atoms with Gasteiger partial charge in [-0.2, -0.15) is 0 Å². The van der Waals surface area contributed by atoms with Gasteiger partial charge in [0.25, 0.3) is 0 Å². The van der Waals surface area contributed by atoms with Crippen LogP contribution in [0.25, 0.3) is 0 Å². The van der Waals surface area contributed by atoms with Crippen molar-refractivity contribution in [2.24, 2.45) is 0 Å². The summed E-state index contributed by atoms with van der Waals surface area (Å²) in [7, 11) is 0. The molecular formula is C21H25NO2. The molecule has 0 atom stereocenters. The van der Waals surface area contributed by atoms with Gasteiger partial charge in [-0.05, 0) is 50.5 Å². The second-order valence-corrected chi connectivity index (χ2v) is 6.65. The number of ketones is 1. The lowest BCUT2D eigenvalue weighted by Crippen LogP contribution is -2.44. The molecule has 24 heavy (non-hydrogen) atoms. The van der Waals surface area contributed by atoms with Gasteiger partial charge in [-0.3, -0.25) is 4.79 Å². The molecule has 3 nitrogen and oxygen atoms in total. The summed E-state index contributed by atoms with van der Waals surface area (Å²) < 4.78 is 0. The first-order chi connectivity index (χ1) is 11.3. The zero-order chi connectivity index (χ0) is 17.7. The van der Waals surface area contributed by atoms with E-state index in [2.05, 4.69) is 0 Å². The second-order valence-electron chi connectivity index (χ2n) is 6.65. The molecule has 0 saturated carbocycles. The molecule has 2 aromatic rings. The topological polar surface area (TPSA) is 37.4 Å².